The quantitative estimate of drug-likeness (QED) is 0.0216. The summed E-state index contributed by atoms with van der Waals surface area (Å²) in [5.41, 5.74) is 0. The van der Waals surface area contributed by atoms with Crippen LogP contribution in [-0.2, 0) is 9.47 Å². The second-order valence-electron chi connectivity index (χ2n) is 15.2. The minimum Gasteiger partial charge on any atom is -1.00 e. The molecule has 0 N–H and O–H groups in total. The number of hydrogen-bond acceptors (Lipinski definition) is 2. The van der Waals surface area contributed by atoms with Gasteiger partial charge in [-0.05, 0) is 77.0 Å². The van der Waals surface area contributed by atoms with Crippen LogP contribution >= 0.6 is 11.6 Å². The SMILES string of the molecule is CCCCCC=CCC=CCCCCCCCCC1(CCCCCCCCC=CCC=CCCCCC)OCC(CC[N+](C)(C)CCl)O1.[Cl-]. The minimum atomic E-state index is -0.354. The van der Waals surface area contributed by atoms with E-state index in [1.54, 1.807) is 0 Å². The Bertz CT molecular complexity index is 774. The van der Waals surface area contributed by atoms with Gasteiger partial charge in [-0.25, -0.2) is 0 Å². The van der Waals surface area contributed by atoms with Gasteiger partial charge in [-0.3, -0.25) is 0 Å². The summed E-state index contributed by atoms with van der Waals surface area (Å²) in [6.07, 6.45) is 52.9. The Hall–Kier alpha value is -0.580. The summed E-state index contributed by atoms with van der Waals surface area (Å²) < 4.78 is 14.1. The third-order valence-corrected chi connectivity index (χ3v) is 10.5. The summed E-state index contributed by atoms with van der Waals surface area (Å²) in [5.74, 6) is -0.354. The van der Waals surface area contributed by atoms with Crippen LogP contribution in [0.2, 0.25) is 0 Å². The Balaban J connectivity index is 0.0000230. The van der Waals surface area contributed by atoms with Crippen LogP contribution in [0, 0.1) is 0 Å². The molecule has 1 atom stereocenters. The smallest absolute Gasteiger partial charge is 0.168 e. The largest absolute Gasteiger partial charge is 1.00 e. The van der Waals surface area contributed by atoms with Crippen molar-refractivity contribution >= 4 is 11.6 Å². The van der Waals surface area contributed by atoms with E-state index in [1.807, 2.05) is 0 Å². The maximum Gasteiger partial charge on any atom is 0.168 e. The van der Waals surface area contributed by atoms with Crippen molar-refractivity contribution in [2.45, 2.75) is 199 Å². The number of ether oxygens (including phenoxy) is 2. The standard InChI is InChI=1S/C44H81ClNO2.ClH/c1-5-7-9-11-13-15-17-19-21-23-25-27-29-31-33-35-38-44(47-41-43(48-44)37-40-46(3,4)42-45)39-36-34-32-30-28-26-24-22-20-18-16-14-12-10-8-6-2;/h13-16,19-22,43H,5-12,17-18,23-42H2,1-4H3;1H/q+1;/p-1. The summed E-state index contributed by atoms with van der Waals surface area (Å²) >= 11 is 6.19. The lowest BCUT2D eigenvalue weighted by molar-refractivity contribution is -0.879. The second-order valence-corrected chi connectivity index (χ2v) is 15.4. The number of allylic oxidation sites excluding steroid dienone is 8. The van der Waals surface area contributed by atoms with Gasteiger partial charge in [0.2, 0.25) is 0 Å². The van der Waals surface area contributed by atoms with Crippen molar-refractivity contribution in [3.05, 3.63) is 48.6 Å². The molecule has 1 aliphatic heterocycles. The van der Waals surface area contributed by atoms with Crippen molar-refractivity contribution in [3.63, 3.8) is 0 Å². The molecule has 0 aromatic rings. The summed E-state index contributed by atoms with van der Waals surface area (Å²) in [4.78, 5) is 0. The topological polar surface area (TPSA) is 18.5 Å². The molecule has 3 nitrogen and oxygen atoms in total. The summed E-state index contributed by atoms with van der Waals surface area (Å²) in [6, 6.07) is 0.637. The zero-order valence-electron chi connectivity index (χ0n) is 32.9. The molecule has 1 saturated heterocycles. The van der Waals surface area contributed by atoms with Crippen molar-refractivity contribution in [1.82, 2.24) is 0 Å². The van der Waals surface area contributed by atoms with Crippen LogP contribution in [0.5, 0.6) is 0 Å². The van der Waals surface area contributed by atoms with Crippen molar-refractivity contribution in [2.75, 3.05) is 33.3 Å². The molecule has 0 aromatic carbocycles. The molecule has 288 valence electrons. The van der Waals surface area contributed by atoms with Gasteiger partial charge in [-0.15, -0.1) is 0 Å². The second kappa shape index (κ2) is 34.5. The van der Waals surface area contributed by atoms with Crippen LogP contribution in [0.25, 0.3) is 0 Å². The molecular formula is C44H81Cl2NO2. The number of unbranched alkanes of at least 4 members (excludes halogenated alkanes) is 18. The van der Waals surface area contributed by atoms with Gasteiger partial charge in [0.1, 0.15) is 0 Å². The molecule has 1 fully saturated rings. The molecule has 0 saturated carbocycles. The van der Waals surface area contributed by atoms with Crippen molar-refractivity contribution < 1.29 is 26.4 Å². The van der Waals surface area contributed by atoms with E-state index in [9.17, 15) is 0 Å². The van der Waals surface area contributed by atoms with E-state index < -0.39 is 0 Å². The first-order chi connectivity index (χ1) is 23.5. The predicted octanol–water partition coefficient (Wildman–Crippen LogP) is 11.2. The van der Waals surface area contributed by atoms with Gasteiger partial charge in [-0.2, -0.15) is 0 Å². The fourth-order valence-corrected chi connectivity index (χ4v) is 6.58. The molecule has 0 radical (unpaired) electrons. The molecule has 1 aliphatic rings. The fraction of sp³-hybridized carbons (Fsp3) is 0.818. The average Bonchev–Trinajstić information content (AvgIpc) is 3.50. The maximum absolute atomic E-state index is 6.74. The predicted molar refractivity (Wildman–Crippen MR) is 214 cm³/mol. The van der Waals surface area contributed by atoms with E-state index in [4.69, 9.17) is 21.1 Å². The van der Waals surface area contributed by atoms with Gasteiger partial charge in [0.25, 0.3) is 0 Å². The first-order valence-corrected chi connectivity index (χ1v) is 21.3. The number of rotatable bonds is 34. The molecule has 0 aliphatic carbocycles. The first kappa shape index (κ1) is 48.4. The molecule has 1 rings (SSSR count). The van der Waals surface area contributed by atoms with E-state index in [0.717, 1.165) is 49.7 Å². The minimum absolute atomic E-state index is 0. The Morgan fingerprint density at radius 2 is 0.959 bits per heavy atom. The number of alkyl halides is 1. The lowest BCUT2D eigenvalue weighted by atomic mass is 9.98. The Kier molecular flexibility index (Phi) is 34.1. The van der Waals surface area contributed by atoms with E-state index >= 15 is 0 Å². The molecule has 0 spiro atoms. The van der Waals surface area contributed by atoms with Crippen LogP contribution in [0.15, 0.2) is 48.6 Å². The highest BCUT2D eigenvalue weighted by Gasteiger charge is 2.40. The van der Waals surface area contributed by atoms with Crippen molar-refractivity contribution in [3.8, 4) is 0 Å². The lowest BCUT2D eigenvalue weighted by Gasteiger charge is -2.30. The normalized spacial score (nSPS) is 18.6. The number of nitrogens with zero attached hydrogens (tertiary/aromatic N) is 1. The lowest BCUT2D eigenvalue weighted by Crippen LogP contribution is -3.00. The third kappa shape index (κ3) is 29.7. The van der Waals surface area contributed by atoms with Crippen LogP contribution in [0.4, 0.5) is 0 Å². The molecule has 0 bridgehead atoms. The maximum atomic E-state index is 6.74. The summed E-state index contributed by atoms with van der Waals surface area (Å²) in [5, 5.41) is 0. The molecule has 49 heavy (non-hydrogen) atoms. The molecule has 5 heteroatoms. The van der Waals surface area contributed by atoms with Crippen molar-refractivity contribution in [1.29, 1.82) is 0 Å². The van der Waals surface area contributed by atoms with E-state index in [0.29, 0.717) is 6.00 Å². The van der Waals surface area contributed by atoms with Crippen molar-refractivity contribution in [2.24, 2.45) is 0 Å². The molecular weight excluding hydrogens is 645 g/mol. The highest BCUT2D eigenvalue weighted by molar-refractivity contribution is 6.16. The third-order valence-electron chi connectivity index (χ3n) is 9.81. The molecule has 0 aromatic heterocycles. The van der Waals surface area contributed by atoms with E-state index in [-0.39, 0.29) is 24.3 Å². The fourth-order valence-electron chi connectivity index (χ4n) is 6.46. The van der Waals surface area contributed by atoms with Gasteiger partial charge >= 0.3 is 0 Å². The average molecular weight is 727 g/mol. The Morgan fingerprint density at radius 1 is 0.571 bits per heavy atom. The Labute approximate surface area is 317 Å². The van der Waals surface area contributed by atoms with Gasteiger partial charge in [0, 0.05) is 19.3 Å². The number of hydrogen-bond donors (Lipinski definition) is 0. The summed E-state index contributed by atoms with van der Waals surface area (Å²) in [7, 11) is 4.40. The monoisotopic (exact) mass is 726 g/mol. The zero-order valence-corrected chi connectivity index (χ0v) is 34.4. The number of halogens is 2. The number of quaternary nitrogens is 1. The highest BCUT2D eigenvalue weighted by atomic mass is 35.5. The van der Waals surface area contributed by atoms with Gasteiger partial charge in [-0.1, -0.05) is 151 Å². The van der Waals surface area contributed by atoms with E-state index in [1.165, 1.54) is 141 Å². The van der Waals surface area contributed by atoms with Gasteiger partial charge in [0.15, 0.2) is 11.8 Å². The summed E-state index contributed by atoms with van der Waals surface area (Å²) in [6.45, 7) is 6.31. The molecule has 1 unspecified atom stereocenters. The molecule has 1 heterocycles. The van der Waals surface area contributed by atoms with E-state index in [2.05, 4.69) is 76.6 Å². The first-order valence-electron chi connectivity index (χ1n) is 20.8. The Morgan fingerprint density at radius 3 is 1.37 bits per heavy atom. The molecule has 0 amide bonds. The van der Waals surface area contributed by atoms with Crippen LogP contribution in [0.3, 0.4) is 0 Å². The van der Waals surface area contributed by atoms with Gasteiger partial charge in [0.05, 0.1) is 33.4 Å². The van der Waals surface area contributed by atoms with Crippen LogP contribution < -0.4 is 12.4 Å². The highest BCUT2D eigenvalue weighted by Crippen LogP contribution is 2.36. The van der Waals surface area contributed by atoms with Crippen LogP contribution in [-0.4, -0.2) is 49.6 Å². The zero-order chi connectivity index (χ0) is 34.9. The van der Waals surface area contributed by atoms with Crippen LogP contribution in [0.1, 0.15) is 187 Å². The van der Waals surface area contributed by atoms with Gasteiger partial charge < -0.3 is 26.4 Å².